The molecule has 0 aliphatic rings. The van der Waals surface area contributed by atoms with Crippen LogP contribution in [0.15, 0.2) is 70.4 Å². The quantitative estimate of drug-likeness (QED) is 0.311. The average molecular weight is 350 g/mol. The van der Waals surface area contributed by atoms with Crippen molar-refractivity contribution in [3.05, 3.63) is 77.7 Å². The molecule has 0 radical (unpaired) electrons. The Bertz CT molecular complexity index is 917. The SMILES string of the molecule is COc1cc(/C=N/Nc2ccccc2C)ccc1OC(=O)c1ccco1. The third kappa shape index (κ3) is 4.10. The summed E-state index contributed by atoms with van der Waals surface area (Å²) in [5.41, 5.74) is 5.82. The van der Waals surface area contributed by atoms with Gasteiger partial charge in [-0.1, -0.05) is 18.2 Å². The molecule has 6 nitrogen and oxygen atoms in total. The largest absolute Gasteiger partial charge is 0.493 e. The number of nitrogens with one attached hydrogen (secondary N) is 1. The number of rotatable bonds is 6. The van der Waals surface area contributed by atoms with Crippen LogP contribution in [0.25, 0.3) is 0 Å². The van der Waals surface area contributed by atoms with Gasteiger partial charge < -0.3 is 13.9 Å². The first-order valence-electron chi connectivity index (χ1n) is 7.96. The van der Waals surface area contributed by atoms with Crippen molar-refractivity contribution in [3.8, 4) is 11.5 Å². The highest BCUT2D eigenvalue weighted by Gasteiger charge is 2.14. The first-order valence-corrected chi connectivity index (χ1v) is 7.96. The molecule has 0 bridgehead atoms. The summed E-state index contributed by atoms with van der Waals surface area (Å²) in [7, 11) is 1.51. The van der Waals surface area contributed by atoms with Gasteiger partial charge in [0.1, 0.15) is 0 Å². The Morgan fingerprint density at radius 2 is 1.96 bits per heavy atom. The van der Waals surface area contributed by atoms with Gasteiger partial charge in [-0.2, -0.15) is 5.10 Å². The number of carbonyl (C=O) groups excluding carboxylic acids is 1. The summed E-state index contributed by atoms with van der Waals surface area (Å²) >= 11 is 0. The molecule has 3 rings (SSSR count). The minimum absolute atomic E-state index is 0.125. The zero-order valence-electron chi connectivity index (χ0n) is 14.4. The van der Waals surface area contributed by atoms with E-state index in [2.05, 4.69) is 10.5 Å². The first-order chi connectivity index (χ1) is 12.7. The second kappa shape index (κ2) is 8.02. The van der Waals surface area contributed by atoms with Crippen molar-refractivity contribution < 1.29 is 18.7 Å². The highest BCUT2D eigenvalue weighted by molar-refractivity contribution is 5.89. The fraction of sp³-hybridized carbons (Fsp3) is 0.100. The molecule has 26 heavy (non-hydrogen) atoms. The van der Waals surface area contributed by atoms with Crippen LogP contribution in [0.4, 0.5) is 5.69 Å². The minimum Gasteiger partial charge on any atom is -0.493 e. The van der Waals surface area contributed by atoms with E-state index in [1.54, 1.807) is 30.5 Å². The molecule has 132 valence electrons. The van der Waals surface area contributed by atoms with Crippen LogP contribution in [-0.4, -0.2) is 19.3 Å². The second-order valence-electron chi connectivity index (χ2n) is 5.46. The predicted octanol–water partition coefficient (Wildman–Crippen LogP) is 4.26. The highest BCUT2D eigenvalue weighted by atomic mass is 16.6. The third-order valence-corrected chi connectivity index (χ3v) is 3.66. The monoisotopic (exact) mass is 350 g/mol. The molecule has 6 heteroatoms. The summed E-state index contributed by atoms with van der Waals surface area (Å²) < 4.78 is 15.6. The van der Waals surface area contributed by atoms with E-state index in [1.165, 1.54) is 19.4 Å². The number of nitrogens with zero attached hydrogens (tertiary/aromatic N) is 1. The van der Waals surface area contributed by atoms with Crippen molar-refractivity contribution in [1.29, 1.82) is 0 Å². The van der Waals surface area contributed by atoms with Crippen LogP contribution < -0.4 is 14.9 Å². The van der Waals surface area contributed by atoms with E-state index in [0.29, 0.717) is 11.5 Å². The van der Waals surface area contributed by atoms with Gasteiger partial charge in [0.2, 0.25) is 5.76 Å². The van der Waals surface area contributed by atoms with Crippen molar-refractivity contribution in [1.82, 2.24) is 0 Å². The van der Waals surface area contributed by atoms with Crippen LogP contribution in [0.2, 0.25) is 0 Å². The minimum atomic E-state index is -0.587. The first kappa shape index (κ1) is 17.3. The predicted molar refractivity (Wildman–Crippen MR) is 99.1 cm³/mol. The van der Waals surface area contributed by atoms with Crippen LogP contribution in [-0.2, 0) is 0 Å². The topological polar surface area (TPSA) is 73.1 Å². The molecule has 0 amide bonds. The van der Waals surface area contributed by atoms with E-state index in [4.69, 9.17) is 13.9 Å². The highest BCUT2D eigenvalue weighted by Crippen LogP contribution is 2.28. The van der Waals surface area contributed by atoms with Crippen molar-refractivity contribution in [2.45, 2.75) is 6.92 Å². The van der Waals surface area contributed by atoms with Gasteiger partial charge in [-0.25, -0.2) is 4.79 Å². The number of hydrogen-bond donors (Lipinski definition) is 1. The normalized spacial score (nSPS) is 10.7. The van der Waals surface area contributed by atoms with E-state index in [-0.39, 0.29) is 5.76 Å². The van der Waals surface area contributed by atoms with E-state index >= 15 is 0 Å². The van der Waals surface area contributed by atoms with Gasteiger partial charge in [-0.15, -0.1) is 0 Å². The summed E-state index contributed by atoms with van der Waals surface area (Å²) in [6, 6.07) is 16.2. The van der Waals surface area contributed by atoms with E-state index in [1.807, 2.05) is 31.2 Å². The van der Waals surface area contributed by atoms with Gasteiger partial charge in [-0.05, 0) is 54.4 Å². The van der Waals surface area contributed by atoms with Gasteiger partial charge in [0, 0.05) is 0 Å². The lowest BCUT2D eigenvalue weighted by Gasteiger charge is -2.09. The Kier molecular flexibility index (Phi) is 5.34. The number of benzene rings is 2. The number of anilines is 1. The van der Waals surface area contributed by atoms with Crippen LogP contribution in [0.3, 0.4) is 0 Å². The summed E-state index contributed by atoms with van der Waals surface area (Å²) in [6.07, 6.45) is 3.07. The Hall–Kier alpha value is -3.54. The molecule has 0 fully saturated rings. The molecule has 1 heterocycles. The maximum absolute atomic E-state index is 12.0. The lowest BCUT2D eigenvalue weighted by atomic mass is 10.2. The van der Waals surface area contributed by atoms with Crippen LogP contribution in [0.1, 0.15) is 21.7 Å². The van der Waals surface area contributed by atoms with Crippen LogP contribution in [0, 0.1) is 6.92 Å². The van der Waals surface area contributed by atoms with E-state index < -0.39 is 5.97 Å². The number of aryl methyl sites for hydroxylation is 1. The van der Waals surface area contributed by atoms with Gasteiger partial charge in [0.15, 0.2) is 11.5 Å². The molecule has 0 spiro atoms. The number of para-hydroxylation sites is 1. The lowest BCUT2D eigenvalue weighted by Crippen LogP contribution is -2.08. The zero-order valence-corrected chi connectivity index (χ0v) is 14.4. The number of ether oxygens (including phenoxy) is 2. The number of carbonyl (C=O) groups is 1. The Labute approximate surface area is 151 Å². The molecule has 0 unspecified atom stereocenters. The van der Waals surface area contributed by atoms with Crippen LogP contribution in [0.5, 0.6) is 11.5 Å². The fourth-order valence-electron chi connectivity index (χ4n) is 2.27. The van der Waals surface area contributed by atoms with Gasteiger partial charge >= 0.3 is 5.97 Å². The number of methoxy groups -OCH3 is 1. The second-order valence-corrected chi connectivity index (χ2v) is 5.46. The summed E-state index contributed by atoms with van der Waals surface area (Å²) in [6.45, 7) is 2.00. The molecule has 3 aromatic rings. The van der Waals surface area contributed by atoms with Gasteiger partial charge in [-0.3, -0.25) is 5.43 Å². The molecule has 0 atom stereocenters. The van der Waals surface area contributed by atoms with Crippen molar-refractivity contribution in [3.63, 3.8) is 0 Å². The molecule has 2 aromatic carbocycles. The third-order valence-electron chi connectivity index (χ3n) is 3.66. The average Bonchev–Trinajstić information content (AvgIpc) is 3.19. The Balaban J connectivity index is 1.71. The van der Waals surface area contributed by atoms with Gasteiger partial charge in [0.05, 0.1) is 25.3 Å². The molecule has 1 N–H and O–H groups in total. The maximum Gasteiger partial charge on any atom is 0.379 e. The smallest absolute Gasteiger partial charge is 0.379 e. The molecule has 0 saturated heterocycles. The maximum atomic E-state index is 12.0. The number of hydrazone groups is 1. The Morgan fingerprint density at radius 1 is 1.12 bits per heavy atom. The molecule has 0 aliphatic heterocycles. The lowest BCUT2D eigenvalue weighted by molar-refractivity contribution is 0.0696. The molecule has 1 aromatic heterocycles. The van der Waals surface area contributed by atoms with E-state index in [0.717, 1.165) is 16.8 Å². The Morgan fingerprint density at radius 3 is 2.69 bits per heavy atom. The molecular weight excluding hydrogens is 332 g/mol. The summed E-state index contributed by atoms with van der Waals surface area (Å²) in [5, 5.41) is 4.23. The van der Waals surface area contributed by atoms with Crippen molar-refractivity contribution >= 4 is 17.9 Å². The molecular formula is C20H18N2O4. The van der Waals surface area contributed by atoms with Gasteiger partial charge in [0.25, 0.3) is 0 Å². The van der Waals surface area contributed by atoms with Crippen molar-refractivity contribution in [2.24, 2.45) is 5.10 Å². The molecule has 0 saturated carbocycles. The molecule has 0 aliphatic carbocycles. The summed E-state index contributed by atoms with van der Waals surface area (Å²) in [4.78, 5) is 12.0. The van der Waals surface area contributed by atoms with Crippen LogP contribution >= 0.6 is 0 Å². The summed E-state index contributed by atoms with van der Waals surface area (Å²) in [5.74, 6) is 0.263. The fourth-order valence-corrected chi connectivity index (χ4v) is 2.27. The van der Waals surface area contributed by atoms with E-state index in [9.17, 15) is 4.79 Å². The number of esters is 1. The number of furan rings is 1. The van der Waals surface area contributed by atoms with Crippen molar-refractivity contribution in [2.75, 3.05) is 12.5 Å². The standard InChI is InChI=1S/C20H18N2O4/c1-14-6-3-4-7-16(14)22-21-13-15-9-10-17(19(12-15)24-2)26-20(23)18-8-5-11-25-18/h3-13,22H,1-2H3/b21-13+. The zero-order chi connectivity index (χ0) is 18.4. The number of hydrogen-bond acceptors (Lipinski definition) is 6.